The predicted octanol–water partition coefficient (Wildman–Crippen LogP) is 1.57. The molecule has 1 aliphatic rings. The Bertz CT molecular complexity index is 93.0. The molecule has 11 heavy (non-hydrogen) atoms. The van der Waals surface area contributed by atoms with Crippen LogP contribution in [0.15, 0.2) is 0 Å². The van der Waals surface area contributed by atoms with E-state index < -0.39 is 0 Å². The van der Waals surface area contributed by atoms with Crippen molar-refractivity contribution in [3.63, 3.8) is 0 Å². The Morgan fingerprint density at radius 1 is 1.45 bits per heavy atom. The second-order valence-electron chi connectivity index (χ2n) is 3.50. The van der Waals surface area contributed by atoms with Crippen LogP contribution in [-0.4, -0.2) is 24.4 Å². The zero-order chi connectivity index (χ0) is 8.10. The Morgan fingerprint density at radius 3 is 2.82 bits per heavy atom. The summed E-state index contributed by atoms with van der Waals surface area (Å²) in [6, 6.07) is 0. The molecule has 1 fully saturated rings. The van der Waals surface area contributed by atoms with Gasteiger partial charge in [0.25, 0.3) is 0 Å². The Morgan fingerprint density at radius 2 is 2.27 bits per heavy atom. The van der Waals surface area contributed by atoms with Crippen LogP contribution in [-0.2, 0) is 4.74 Å². The molecule has 0 spiro atoms. The Kier molecular flexibility index (Phi) is 3.87. The molecular formula is C9H18O2. The summed E-state index contributed by atoms with van der Waals surface area (Å²) in [6.07, 6.45) is 4.82. The van der Waals surface area contributed by atoms with E-state index in [1.54, 1.807) is 0 Å². The third-order valence-electron chi connectivity index (χ3n) is 2.28. The standard InChI is InChI=1S/C9H18O2/c1-8-4-5-9(11-7-8)3-2-6-10/h8-10H,2-7H2,1H3. The molecule has 1 N–H and O–H groups in total. The number of rotatable bonds is 3. The van der Waals surface area contributed by atoms with Gasteiger partial charge in [0.15, 0.2) is 0 Å². The van der Waals surface area contributed by atoms with E-state index in [-0.39, 0.29) is 0 Å². The lowest BCUT2D eigenvalue weighted by Gasteiger charge is -2.26. The number of aliphatic hydroxyl groups is 1. The van der Waals surface area contributed by atoms with E-state index in [0.717, 1.165) is 25.4 Å². The van der Waals surface area contributed by atoms with Crippen molar-refractivity contribution in [3.8, 4) is 0 Å². The SMILES string of the molecule is CC1CCC(CCCO)OC1. The van der Waals surface area contributed by atoms with Gasteiger partial charge in [-0.05, 0) is 31.6 Å². The first-order valence-corrected chi connectivity index (χ1v) is 4.55. The smallest absolute Gasteiger partial charge is 0.0576 e. The average Bonchev–Trinajstić information content (AvgIpc) is 2.04. The molecule has 0 bridgehead atoms. The highest BCUT2D eigenvalue weighted by atomic mass is 16.5. The molecule has 66 valence electrons. The van der Waals surface area contributed by atoms with Crippen LogP contribution in [0.25, 0.3) is 0 Å². The van der Waals surface area contributed by atoms with Gasteiger partial charge in [0, 0.05) is 13.2 Å². The molecular weight excluding hydrogens is 140 g/mol. The largest absolute Gasteiger partial charge is 0.396 e. The maximum atomic E-state index is 8.59. The van der Waals surface area contributed by atoms with Gasteiger partial charge >= 0.3 is 0 Å². The third kappa shape index (κ3) is 3.21. The first-order valence-electron chi connectivity index (χ1n) is 4.55. The molecule has 0 aliphatic carbocycles. The van der Waals surface area contributed by atoms with Gasteiger partial charge in [0.1, 0.15) is 0 Å². The summed E-state index contributed by atoms with van der Waals surface area (Å²) in [4.78, 5) is 0. The van der Waals surface area contributed by atoms with Gasteiger partial charge in [0.05, 0.1) is 6.10 Å². The molecule has 2 unspecified atom stereocenters. The Hall–Kier alpha value is -0.0800. The van der Waals surface area contributed by atoms with Gasteiger partial charge in [-0.3, -0.25) is 0 Å². The van der Waals surface area contributed by atoms with Gasteiger partial charge < -0.3 is 9.84 Å². The highest BCUT2D eigenvalue weighted by Crippen LogP contribution is 2.20. The molecule has 0 aromatic rings. The minimum Gasteiger partial charge on any atom is -0.396 e. The van der Waals surface area contributed by atoms with Crippen LogP contribution in [0, 0.1) is 5.92 Å². The molecule has 0 aromatic heterocycles. The van der Waals surface area contributed by atoms with E-state index in [2.05, 4.69) is 6.92 Å². The van der Waals surface area contributed by atoms with E-state index in [0.29, 0.717) is 12.7 Å². The Labute approximate surface area is 68.6 Å². The van der Waals surface area contributed by atoms with Crippen molar-refractivity contribution in [2.24, 2.45) is 5.92 Å². The maximum Gasteiger partial charge on any atom is 0.0576 e. The topological polar surface area (TPSA) is 29.5 Å². The number of hydrogen-bond donors (Lipinski definition) is 1. The fourth-order valence-electron chi connectivity index (χ4n) is 1.48. The van der Waals surface area contributed by atoms with Crippen molar-refractivity contribution in [1.82, 2.24) is 0 Å². The van der Waals surface area contributed by atoms with Crippen LogP contribution in [0.1, 0.15) is 32.6 Å². The fourth-order valence-corrected chi connectivity index (χ4v) is 1.48. The minimum atomic E-state index is 0.301. The maximum absolute atomic E-state index is 8.59. The van der Waals surface area contributed by atoms with E-state index in [1.807, 2.05) is 0 Å². The number of aliphatic hydroxyl groups excluding tert-OH is 1. The minimum absolute atomic E-state index is 0.301. The van der Waals surface area contributed by atoms with Crippen LogP contribution in [0.4, 0.5) is 0 Å². The summed E-state index contributed by atoms with van der Waals surface area (Å²) in [6.45, 7) is 3.44. The lowest BCUT2D eigenvalue weighted by molar-refractivity contribution is -0.0177. The second kappa shape index (κ2) is 4.73. The lowest BCUT2D eigenvalue weighted by Crippen LogP contribution is -2.24. The zero-order valence-corrected chi connectivity index (χ0v) is 7.25. The summed E-state index contributed by atoms with van der Waals surface area (Å²) in [5.41, 5.74) is 0. The van der Waals surface area contributed by atoms with Gasteiger partial charge in [-0.1, -0.05) is 6.92 Å². The van der Waals surface area contributed by atoms with Crippen molar-refractivity contribution < 1.29 is 9.84 Å². The molecule has 0 amide bonds. The number of ether oxygens (including phenoxy) is 1. The van der Waals surface area contributed by atoms with Gasteiger partial charge in [-0.2, -0.15) is 0 Å². The molecule has 0 saturated carbocycles. The predicted molar refractivity (Wildman–Crippen MR) is 44.5 cm³/mol. The molecule has 0 aromatic carbocycles. The van der Waals surface area contributed by atoms with E-state index >= 15 is 0 Å². The monoisotopic (exact) mass is 158 g/mol. The first kappa shape index (κ1) is 9.01. The van der Waals surface area contributed by atoms with Gasteiger partial charge in [-0.15, -0.1) is 0 Å². The molecule has 2 atom stereocenters. The molecule has 1 rings (SSSR count). The highest BCUT2D eigenvalue weighted by molar-refractivity contribution is 4.67. The first-order chi connectivity index (χ1) is 5.33. The summed E-state index contributed by atoms with van der Waals surface area (Å²) in [5.74, 6) is 0.736. The molecule has 1 heterocycles. The molecule has 1 saturated heterocycles. The normalized spacial score (nSPS) is 32.2. The summed E-state index contributed by atoms with van der Waals surface area (Å²) >= 11 is 0. The summed E-state index contributed by atoms with van der Waals surface area (Å²) in [5, 5.41) is 8.59. The van der Waals surface area contributed by atoms with E-state index in [4.69, 9.17) is 9.84 Å². The van der Waals surface area contributed by atoms with Crippen molar-refractivity contribution in [1.29, 1.82) is 0 Å². The van der Waals surface area contributed by atoms with Crippen LogP contribution >= 0.6 is 0 Å². The molecule has 1 aliphatic heterocycles. The molecule has 0 radical (unpaired) electrons. The van der Waals surface area contributed by atoms with Crippen molar-refractivity contribution in [2.45, 2.75) is 38.7 Å². The van der Waals surface area contributed by atoms with Crippen LogP contribution in [0.2, 0.25) is 0 Å². The van der Waals surface area contributed by atoms with Gasteiger partial charge in [-0.25, -0.2) is 0 Å². The van der Waals surface area contributed by atoms with Crippen molar-refractivity contribution in [3.05, 3.63) is 0 Å². The fraction of sp³-hybridized carbons (Fsp3) is 1.00. The zero-order valence-electron chi connectivity index (χ0n) is 7.25. The highest BCUT2D eigenvalue weighted by Gasteiger charge is 2.17. The lowest BCUT2D eigenvalue weighted by atomic mass is 9.98. The van der Waals surface area contributed by atoms with Crippen LogP contribution in [0.3, 0.4) is 0 Å². The summed E-state index contributed by atoms with van der Waals surface area (Å²) < 4.78 is 5.58. The van der Waals surface area contributed by atoms with Crippen molar-refractivity contribution >= 4 is 0 Å². The van der Waals surface area contributed by atoms with Gasteiger partial charge in [0.2, 0.25) is 0 Å². The number of hydrogen-bond acceptors (Lipinski definition) is 2. The van der Waals surface area contributed by atoms with E-state index in [1.165, 1.54) is 12.8 Å². The third-order valence-corrected chi connectivity index (χ3v) is 2.28. The van der Waals surface area contributed by atoms with E-state index in [9.17, 15) is 0 Å². The molecule has 2 nitrogen and oxygen atoms in total. The Balaban J connectivity index is 2.07. The van der Waals surface area contributed by atoms with Crippen LogP contribution in [0.5, 0.6) is 0 Å². The average molecular weight is 158 g/mol. The molecule has 2 heteroatoms. The summed E-state index contributed by atoms with van der Waals surface area (Å²) in [7, 11) is 0. The van der Waals surface area contributed by atoms with Crippen LogP contribution < -0.4 is 0 Å². The quantitative estimate of drug-likeness (QED) is 0.675. The second-order valence-corrected chi connectivity index (χ2v) is 3.50. The van der Waals surface area contributed by atoms with Crippen molar-refractivity contribution in [2.75, 3.05) is 13.2 Å².